The smallest absolute Gasteiger partial charge is 0.310 e. The van der Waals surface area contributed by atoms with E-state index in [2.05, 4.69) is 21.3 Å². The molecule has 1 amide bonds. The van der Waals surface area contributed by atoms with E-state index in [1.165, 1.54) is 5.56 Å². The molecule has 30 heavy (non-hydrogen) atoms. The van der Waals surface area contributed by atoms with E-state index in [1.807, 2.05) is 36.9 Å². The van der Waals surface area contributed by atoms with Gasteiger partial charge >= 0.3 is 5.97 Å². The third kappa shape index (κ3) is 6.09. The van der Waals surface area contributed by atoms with Crippen molar-refractivity contribution in [2.24, 2.45) is 10.9 Å². The number of nitrogens with one attached hydrogen (secondary N) is 1. The molecule has 1 aromatic carbocycles. The number of carbonyl (C=O) groups is 2. The van der Waals surface area contributed by atoms with Crippen LogP contribution in [0.3, 0.4) is 0 Å². The van der Waals surface area contributed by atoms with Crippen LogP contribution in [0.1, 0.15) is 38.7 Å². The van der Waals surface area contributed by atoms with Gasteiger partial charge in [0.1, 0.15) is 6.54 Å². The Morgan fingerprint density at radius 2 is 2.00 bits per heavy atom. The summed E-state index contributed by atoms with van der Waals surface area (Å²) in [4.78, 5) is 33.6. The predicted octanol–water partition coefficient (Wildman–Crippen LogP) is 2.82. The normalized spacial score (nSPS) is 18.9. The van der Waals surface area contributed by atoms with Crippen molar-refractivity contribution >= 4 is 47.5 Å². The molecule has 0 spiro atoms. The average molecular weight is 528 g/mol. The van der Waals surface area contributed by atoms with E-state index in [0.717, 1.165) is 44.5 Å². The summed E-state index contributed by atoms with van der Waals surface area (Å²) in [6.45, 7) is 7.16. The third-order valence-corrected chi connectivity index (χ3v) is 5.45. The van der Waals surface area contributed by atoms with Gasteiger partial charge in [0.2, 0.25) is 5.91 Å². The fraction of sp³-hybridized carbons (Fsp3) is 0.591. The zero-order valence-corrected chi connectivity index (χ0v) is 20.3. The molecule has 1 N–H and O–H groups in total. The molecule has 1 atom stereocenters. The highest BCUT2D eigenvalue weighted by Crippen LogP contribution is 2.26. The number of carbonyl (C=O) groups excluding carboxylic acids is 2. The van der Waals surface area contributed by atoms with Crippen LogP contribution in [-0.4, -0.2) is 62.1 Å². The van der Waals surface area contributed by atoms with E-state index in [4.69, 9.17) is 4.74 Å². The number of para-hydroxylation sites is 1. The Morgan fingerprint density at radius 3 is 2.77 bits per heavy atom. The quantitative estimate of drug-likeness (QED) is 0.276. The number of guanidine groups is 1. The van der Waals surface area contributed by atoms with E-state index in [-0.39, 0.29) is 48.3 Å². The lowest BCUT2D eigenvalue weighted by atomic mass is 9.98. The lowest BCUT2D eigenvalue weighted by Crippen LogP contribution is -2.48. The predicted molar refractivity (Wildman–Crippen MR) is 129 cm³/mol. The first-order valence-electron chi connectivity index (χ1n) is 10.7. The van der Waals surface area contributed by atoms with Crippen molar-refractivity contribution in [3.63, 3.8) is 0 Å². The highest BCUT2D eigenvalue weighted by molar-refractivity contribution is 14.0. The maximum absolute atomic E-state index is 12.9. The molecule has 0 aliphatic carbocycles. The Balaban J connectivity index is 0.00000320. The fourth-order valence-corrected chi connectivity index (χ4v) is 4.07. The van der Waals surface area contributed by atoms with Crippen molar-refractivity contribution in [1.82, 2.24) is 10.2 Å². The van der Waals surface area contributed by atoms with Gasteiger partial charge in [-0.3, -0.25) is 9.59 Å². The SMILES string of the molecule is CCNC(=NCC(=O)N1CCCc2ccccc21)N1CCCC(C(=O)OCC)C1.I. The number of fused-ring (bicyclic) bond motifs is 1. The number of rotatable bonds is 5. The van der Waals surface area contributed by atoms with Gasteiger partial charge in [0.05, 0.1) is 12.5 Å². The summed E-state index contributed by atoms with van der Waals surface area (Å²) in [7, 11) is 0. The molecular weight excluding hydrogens is 495 g/mol. The van der Waals surface area contributed by atoms with Gasteiger partial charge in [-0.25, -0.2) is 4.99 Å². The molecule has 1 saturated heterocycles. The zero-order valence-electron chi connectivity index (χ0n) is 17.9. The number of aliphatic imine (C=N–C) groups is 1. The van der Waals surface area contributed by atoms with E-state index < -0.39 is 0 Å². The molecule has 166 valence electrons. The lowest BCUT2D eigenvalue weighted by Gasteiger charge is -2.34. The molecule has 2 aliphatic heterocycles. The molecular formula is C22H33IN4O3. The van der Waals surface area contributed by atoms with Crippen LogP contribution in [0.2, 0.25) is 0 Å². The van der Waals surface area contributed by atoms with Crippen LogP contribution >= 0.6 is 24.0 Å². The van der Waals surface area contributed by atoms with E-state index in [1.54, 1.807) is 0 Å². The van der Waals surface area contributed by atoms with E-state index in [9.17, 15) is 9.59 Å². The minimum Gasteiger partial charge on any atom is -0.466 e. The van der Waals surface area contributed by atoms with Crippen LogP contribution in [0.25, 0.3) is 0 Å². The molecule has 0 radical (unpaired) electrons. The monoisotopic (exact) mass is 528 g/mol. The molecule has 1 aromatic rings. The first kappa shape index (κ1) is 24.4. The second kappa shape index (κ2) is 12.1. The Kier molecular flexibility index (Phi) is 9.87. The minimum atomic E-state index is -0.144. The molecule has 3 rings (SSSR count). The Bertz CT molecular complexity index is 756. The van der Waals surface area contributed by atoms with Crippen molar-refractivity contribution in [1.29, 1.82) is 0 Å². The van der Waals surface area contributed by atoms with Crippen LogP contribution in [-0.2, 0) is 20.7 Å². The van der Waals surface area contributed by atoms with Gasteiger partial charge in [-0.05, 0) is 51.2 Å². The summed E-state index contributed by atoms with van der Waals surface area (Å²) in [5.74, 6) is 0.415. The molecule has 2 aliphatic rings. The first-order valence-corrected chi connectivity index (χ1v) is 10.7. The molecule has 8 heteroatoms. The minimum absolute atomic E-state index is 0. The van der Waals surface area contributed by atoms with Crippen molar-refractivity contribution in [3.8, 4) is 0 Å². The van der Waals surface area contributed by atoms with Gasteiger partial charge in [-0.2, -0.15) is 0 Å². The molecule has 0 aromatic heterocycles. The number of esters is 1. The summed E-state index contributed by atoms with van der Waals surface area (Å²) in [5, 5.41) is 3.27. The second-order valence-electron chi connectivity index (χ2n) is 7.49. The summed E-state index contributed by atoms with van der Waals surface area (Å²) in [6.07, 6.45) is 3.72. The summed E-state index contributed by atoms with van der Waals surface area (Å²) < 4.78 is 5.19. The maximum atomic E-state index is 12.9. The van der Waals surface area contributed by atoms with Gasteiger partial charge < -0.3 is 19.9 Å². The van der Waals surface area contributed by atoms with Gasteiger partial charge in [0.15, 0.2) is 5.96 Å². The van der Waals surface area contributed by atoms with Crippen molar-refractivity contribution < 1.29 is 14.3 Å². The number of likely N-dealkylation sites (tertiary alicyclic amines) is 1. The number of nitrogens with zero attached hydrogens (tertiary/aromatic N) is 3. The lowest BCUT2D eigenvalue weighted by molar-refractivity contribution is -0.149. The topological polar surface area (TPSA) is 74.2 Å². The van der Waals surface area contributed by atoms with Crippen LogP contribution in [0.15, 0.2) is 29.3 Å². The second-order valence-corrected chi connectivity index (χ2v) is 7.49. The van der Waals surface area contributed by atoms with Crippen LogP contribution < -0.4 is 10.2 Å². The number of ether oxygens (including phenoxy) is 1. The highest BCUT2D eigenvalue weighted by Gasteiger charge is 2.29. The third-order valence-electron chi connectivity index (χ3n) is 5.45. The largest absolute Gasteiger partial charge is 0.466 e. The molecule has 1 unspecified atom stereocenters. The number of halogens is 1. The number of aryl methyl sites for hydroxylation is 1. The number of hydrogen-bond acceptors (Lipinski definition) is 4. The fourth-order valence-electron chi connectivity index (χ4n) is 4.07. The Labute approximate surface area is 196 Å². The molecule has 0 saturated carbocycles. The van der Waals surface area contributed by atoms with Gasteiger partial charge in [-0.1, -0.05) is 18.2 Å². The number of amides is 1. The summed E-state index contributed by atoms with van der Waals surface area (Å²) >= 11 is 0. The molecule has 0 bridgehead atoms. The van der Waals surface area contributed by atoms with Gasteiger partial charge in [-0.15, -0.1) is 24.0 Å². The highest BCUT2D eigenvalue weighted by atomic mass is 127. The van der Waals surface area contributed by atoms with Crippen LogP contribution in [0.5, 0.6) is 0 Å². The van der Waals surface area contributed by atoms with Crippen molar-refractivity contribution in [3.05, 3.63) is 29.8 Å². The summed E-state index contributed by atoms with van der Waals surface area (Å²) in [6, 6.07) is 8.09. The maximum Gasteiger partial charge on any atom is 0.310 e. The first-order chi connectivity index (χ1) is 14.1. The number of hydrogen-bond donors (Lipinski definition) is 1. The summed E-state index contributed by atoms with van der Waals surface area (Å²) in [5.41, 5.74) is 2.22. The molecule has 7 nitrogen and oxygen atoms in total. The van der Waals surface area contributed by atoms with E-state index in [0.29, 0.717) is 25.7 Å². The number of anilines is 1. The van der Waals surface area contributed by atoms with Gasteiger partial charge in [0.25, 0.3) is 0 Å². The molecule has 2 heterocycles. The van der Waals surface area contributed by atoms with Gasteiger partial charge in [0, 0.05) is 31.9 Å². The van der Waals surface area contributed by atoms with Crippen molar-refractivity contribution in [2.75, 3.05) is 44.2 Å². The van der Waals surface area contributed by atoms with Crippen LogP contribution in [0.4, 0.5) is 5.69 Å². The Hall–Kier alpha value is -1.84. The van der Waals surface area contributed by atoms with Crippen LogP contribution in [0, 0.1) is 5.92 Å². The molecule has 1 fully saturated rings. The Morgan fingerprint density at radius 1 is 1.20 bits per heavy atom. The van der Waals surface area contributed by atoms with E-state index >= 15 is 0 Å². The zero-order chi connectivity index (χ0) is 20.6. The number of benzene rings is 1. The van der Waals surface area contributed by atoms with Crippen molar-refractivity contribution in [2.45, 2.75) is 39.5 Å². The standard InChI is InChI=1S/C22H32N4O3.HI/c1-3-23-22(25-13-7-11-18(16-25)21(28)29-4-2)24-15-20(27)26-14-8-10-17-9-5-6-12-19(17)26;/h5-6,9,12,18H,3-4,7-8,10-11,13-16H2,1-2H3,(H,23,24);1H. The number of piperidine rings is 1. The average Bonchev–Trinajstić information content (AvgIpc) is 2.76.